The highest BCUT2D eigenvalue weighted by molar-refractivity contribution is 7.80. The number of carbonyl (C=O) groups excluding carboxylic acids is 2. The maximum Gasteiger partial charge on any atom is 0.338 e. The molecule has 3 rings (SSSR count). The minimum absolute atomic E-state index is 0.160. The number of hydrogen-bond donors (Lipinski definition) is 2. The van der Waals surface area contributed by atoms with Gasteiger partial charge in [-0.1, -0.05) is 28.5 Å². The zero-order valence-corrected chi connectivity index (χ0v) is 18.2. The number of aryl methyl sites for hydroxylation is 2. The highest BCUT2D eigenvalue weighted by Gasteiger charge is 2.14. The van der Waals surface area contributed by atoms with Gasteiger partial charge in [0.15, 0.2) is 10.2 Å². The minimum atomic E-state index is -0.374. The van der Waals surface area contributed by atoms with Crippen LogP contribution in [0, 0.1) is 13.8 Å². The number of hydrogen-bond acceptors (Lipinski definition) is 6. The van der Waals surface area contributed by atoms with Crippen LogP contribution >= 0.6 is 23.6 Å². The molecule has 150 valence electrons. The molecule has 1 heterocycles. The third-order valence-corrected chi connectivity index (χ3v) is 5.04. The van der Waals surface area contributed by atoms with Crippen LogP contribution in [0.25, 0.3) is 10.2 Å². The molecule has 29 heavy (non-hydrogen) atoms. The monoisotopic (exact) mass is 427 g/mol. The molecular weight excluding hydrogens is 406 g/mol. The van der Waals surface area contributed by atoms with E-state index < -0.39 is 0 Å². The van der Waals surface area contributed by atoms with Crippen LogP contribution in [-0.2, 0) is 4.74 Å². The molecular formula is C21H21N3O3S2. The van der Waals surface area contributed by atoms with E-state index in [1.54, 1.807) is 44.2 Å². The van der Waals surface area contributed by atoms with E-state index in [9.17, 15) is 9.59 Å². The normalized spacial score (nSPS) is 10.8. The summed E-state index contributed by atoms with van der Waals surface area (Å²) in [6.45, 7) is 7.48. The highest BCUT2D eigenvalue weighted by Crippen LogP contribution is 2.27. The fourth-order valence-electron chi connectivity index (χ4n) is 2.80. The van der Waals surface area contributed by atoms with Crippen molar-refractivity contribution >= 4 is 55.9 Å². The molecule has 0 saturated heterocycles. The van der Waals surface area contributed by atoms with E-state index in [1.807, 2.05) is 19.9 Å². The van der Waals surface area contributed by atoms with Crippen molar-refractivity contribution in [1.29, 1.82) is 0 Å². The van der Waals surface area contributed by atoms with Gasteiger partial charge in [-0.05, 0) is 70.2 Å². The molecule has 0 aliphatic heterocycles. The van der Waals surface area contributed by atoms with Crippen molar-refractivity contribution in [2.24, 2.45) is 0 Å². The lowest BCUT2D eigenvalue weighted by atomic mass is 10.1. The highest BCUT2D eigenvalue weighted by atomic mass is 32.1. The molecule has 0 saturated carbocycles. The first kappa shape index (κ1) is 20.9. The van der Waals surface area contributed by atoms with Crippen LogP contribution in [0.4, 0.5) is 5.13 Å². The van der Waals surface area contributed by atoms with Gasteiger partial charge in [0.2, 0.25) is 0 Å². The lowest BCUT2D eigenvalue weighted by Gasteiger charge is -2.08. The Hall–Kier alpha value is -2.84. The molecule has 0 unspecified atom stereocenters. The molecule has 2 N–H and O–H groups in total. The van der Waals surface area contributed by atoms with Gasteiger partial charge in [-0.15, -0.1) is 0 Å². The first-order chi connectivity index (χ1) is 13.7. The summed E-state index contributed by atoms with van der Waals surface area (Å²) in [7, 11) is 0. The molecule has 6 nitrogen and oxygen atoms in total. The number of amides is 1. The fraction of sp³-hybridized carbons (Fsp3) is 0.238. The molecule has 3 aromatic rings. The van der Waals surface area contributed by atoms with E-state index >= 15 is 0 Å². The molecule has 0 fully saturated rings. The van der Waals surface area contributed by atoms with Crippen LogP contribution in [0.2, 0.25) is 0 Å². The van der Waals surface area contributed by atoms with E-state index in [-0.39, 0.29) is 23.1 Å². The number of esters is 1. The van der Waals surface area contributed by atoms with E-state index in [0.717, 1.165) is 21.3 Å². The number of nitrogens with zero attached hydrogens (tertiary/aromatic N) is 1. The van der Waals surface area contributed by atoms with Gasteiger partial charge in [0.25, 0.3) is 5.91 Å². The van der Waals surface area contributed by atoms with Crippen molar-refractivity contribution in [3.05, 3.63) is 58.7 Å². The Balaban J connectivity index is 1.70. The van der Waals surface area contributed by atoms with Crippen LogP contribution in [0.15, 0.2) is 36.4 Å². The largest absolute Gasteiger partial charge is 0.459 e. The van der Waals surface area contributed by atoms with Gasteiger partial charge in [-0.2, -0.15) is 0 Å². The third kappa shape index (κ3) is 5.36. The Morgan fingerprint density at radius 3 is 2.41 bits per heavy atom. The molecule has 0 atom stereocenters. The zero-order valence-electron chi connectivity index (χ0n) is 16.5. The van der Waals surface area contributed by atoms with Crippen LogP contribution in [-0.4, -0.2) is 28.1 Å². The van der Waals surface area contributed by atoms with Crippen molar-refractivity contribution in [1.82, 2.24) is 10.3 Å². The van der Waals surface area contributed by atoms with Gasteiger partial charge in [-0.3, -0.25) is 10.1 Å². The Labute approximate surface area is 178 Å². The van der Waals surface area contributed by atoms with Crippen molar-refractivity contribution in [3.63, 3.8) is 0 Å². The summed E-state index contributed by atoms with van der Waals surface area (Å²) in [6.07, 6.45) is -0.185. The second-order valence-corrected chi connectivity index (χ2v) is 8.38. The van der Waals surface area contributed by atoms with Gasteiger partial charge < -0.3 is 10.1 Å². The number of anilines is 1. The fourth-order valence-corrected chi connectivity index (χ4v) is 3.96. The number of thiocarbonyl (C=S) groups is 1. The van der Waals surface area contributed by atoms with E-state index in [1.165, 1.54) is 11.3 Å². The zero-order chi connectivity index (χ0) is 21.1. The second-order valence-electron chi connectivity index (χ2n) is 6.94. The van der Waals surface area contributed by atoms with Crippen LogP contribution in [0.5, 0.6) is 0 Å². The molecule has 0 aliphatic rings. The van der Waals surface area contributed by atoms with Gasteiger partial charge >= 0.3 is 5.97 Å². The Kier molecular flexibility index (Phi) is 6.24. The molecule has 2 aromatic carbocycles. The SMILES string of the molecule is Cc1cc(C)cc(C(=O)NC(=S)Nc2nc3ccc(C(=O)OC(C)C)cc3s2)c1. The predicted octanol–water partition coefficient (Wildman–Crippen LogP) is 4.61. The standard InChI is InChI=1S/C21H21N3O3S2/c1-11(2)27-19(26)14-5-6-16-17(10-14)29-21(22-16)24-20(28)23-18(25)15-8-12(3)7-13(4)9-15/h5-11H,1-4H3,(H2,22,23,24,25,28). The summed E-state index contributed by atoms with van der Waals surface area (Å²) in [4.78, 5) is 28.9. The predicted molar refractivity (Wildman–Crippen MR) is 120 cm³/mol. The Morgan fingerprint density at radius 1 is 1.07 bits per heavy atom. The number of benzene rings is 2. The topological polar surface area (TPSA) is 80.3 Å². The maximum atomic E-state index is 12.4. The minimum Gasteiger partial charge on any atom is -0.459 e. The average Bonchev–Trinajstić information content (AvgIpc) is 3.01. The van der Waals surface area contributed by atoms with Crippen molar-refractivity contribution in [3.8, 4) is 0 Å². The van der Waals surface area contributed by atoms with Gasteiger partial charge in [0.05, 0.1) is 21.9 Å². The van der Waals surface area contributed by atoms with E-state index in [2.05, 4.69) is 15.6 Å². The number of rotatable bonds is 4. The lowest BCUT2D eigenvalue weighted by Crippen LogP contribution is -2.34. The summed E-state index contributed by atoms with van der Waals surface area (Å²) in [6, 6.07) is 10.8. The van der Waals surface area contributed by atoms with Gasteiger partial charge in [0.1, 0.15) is 0 Å². The molecule has 1 amide bonds. The number of nitrogens with one attached hydrogen (secondary N) is 2. The summed E-state index contributed by atoms with van der Waals surface area (Å²) < 4.78 is 6.03. The van der Waals surface area contributed by atoms with Crippen LogP contribution in [0.1, 0.15) is 45.7 Å². The number of fused-ring (bicyclic) bond motifs is 1. The Bertz CT molecular complexity index is 1090. The summed E-state index contributed by atoms with van der Waals surface area (Å²) in [5, 5.41) is 6.29. The molecule has 0 bridgehead atoms. The summed E-state index contributed by atoms with van der Waals surface area (Å²) in [5.74, 6) is -0.657. The molecule has 1 aromatic heterocycles. The van der Waals surface area contributed by atoms with Crippen LogP contribution < -0.4 is 10.6 Å². The summed E-state index contributed by atoms with van der Waals surface area (Å²) in [5.41, 5.74) is 3.75. The smallest absolute Gasteiger partial charge is 0.338 e. The average molecular weight is 428 g/mol. The quantitative estimate of drug-likeness (QED) is 0.468. The lowest BCUT2D eigenvalue weighted by molar-refractivity contribution is 0.0378. The Morgan fingerprint density at radius 2 is 1.76 bits per heavy atom. The first-order valence-corrected chi connectivity index (χ1v) is 10.3. The molecule has 0 radical (unpaired) electrons. The first-order valence-electron chi connectivity index (χ1n) is 9.03. The molecule has 0 spiro atoms. The van der Waals surface area contributed by atoms with Gasteiger partial charge in [-0.25, -0.2) is 9.78 Å². The van der Waals surface area contributed by atoms with Crippen molar-refractivity contribution in [2.75, 3.05) is 5.32 Å². The number of carbonyl (C=O) groups is 2. The number of aromatic nitrogens is 1. The van der Waals surface area contributed by atoms with Gasteiger partial charge in [0, 0.05) is 5.56 Å². The van der Waals surface area contributed by atoms with E-state index in [0.29, 0.717) is 16.3 Å². The number of ether oxygens (including phenoxy) is 1. The van der Waals surface area contributed by atoms with E-state index in [4.69, 9.17) is 17.0 Å². The third-order valence-electron chi connectivity index (χ3n) is 3.90. The second kappa shape index (κ2) is 8.67. The molecule has 0 aliphatic carbocycles. The maximum absolute atomic E-state index is 12.4. The molecule has 8 heteroatoms. The van der Waals surface area contributed by atoms with Crippen molar-refractivity contribution < 1.29 is 14.3 Å². The summed E-state index contributed by atoms with van der Waals surface area (Å²) >= 11 is 6.58. The van der Waals surface area contributed by atoms with Crippen molar-refractivity contribution in [2.45, 2.75) is 33.8 Å². The van der Waals surface area contributed by atoms with Crippen LogP contribution in [0.3, 0.4) is 0 Å². The number of thiazole rings is 1.